The van der Waals surface area contributed by atoms with E-state index in [2.05, 4.69) is 10.6 Å². The van der Waals surface area contributed by atoms with E-state index in [1.54, 1.807) is 12.1 Å². The third-order valence-corrected chi connectivity index (χ3v) is 2.55. The van der Waals surface area contributed by atoms with Crippen molar-refractivity contribution in [1.29, 1.82) is 0 Å². The summed E-state index contributed by atoms with van der Waals surface area (Å²) in [6.45, 7) is 0.539. The second kappa shape index (κ2) is 7.73. The van der Waals surface area contributed by atoms with Gasteiger partial charge in [-0.15, -0.1) is 0 Å². The first-order valence-corrected chi connectivity index (χ1v) is 6.05. The van der Waals surface area contributed by atoms with E-state index in [1.165, 1.54) is 13.1 Å². The molecule has 0 atom stereocenters. The molecule has 0 spiro atoms. The number of carbonyl (C=O) groups excluding carboxylic acids is 2. The zero-order valence-corrected chi connectivity index (χ0v) is 11.3. The Morgan fingerprint density at radius 1 is 1.42 bits per heavy atom. The van der Waals surface area contributed by atoms with Crippen LogP contribution < -0.4 is 16.4 Å². The second-order valence-electron chi connectivity index (χ2n) is 3.66. The number of nitrogens with two attached hydrogens (primary N) is 1. The zero-order chi connectivity index (χ0) is 14.3. The molecule has 0 bridgehead atoms. The summed E-state index contributed by atoms with van der Waals surface area (Å²) in [7, 11) is 1.52. The van der Waals surface area contributed by atoms with Gasteiger partial charge in [0.1, 0.15) is 6.61 Å². The van der Waals surface area contributed by atoms with E-state index in [0.717, 1.165) is 0 Å². The molecule has 0 heterocycles. The summed E-state index contributed by atoms with van der Waals surface area (Å²) in [5.74, 6) is -0.615. The van der Waals surface area contributed by atoms with Crippen LogP contribution in [0.5, 0.6) is 0 Å². The van der Waals surface area contributed by atoms with Gasteiger partial charge in [-0.25, -0.2) is 0 Å². The highest BCUT2D eigenvalue weighted by Crippen LogP contribution is 2.23. The molecule has 1 aromatic rings. The van der Waals surface area contributed by atoms with Gasteiger partial charge in [-0.2, -0.15) is 0 Å². The summed E-state index contributed by atoms with van der Waals surface area (Å²) in [5, 5.41) is 5.41. The first-order valence-electron chi connectivity index (χ1n) is 5.67. The first kappa shape index (κ1) is 15.4. The molecule has 6 nitrogen and oxygen atoms in total. The maximum Gasteiger partial charge on any atom is 0.251 e. The Kier molecular flexibility index (Phi) is 6.27. The molecule has 104 valence electrons. The Balaban J connectivity index is 2.71. The maximum atomic E-state index is 11.6. The van der Waals surface area contributed by atoms with Crippen LogP contribution in [-0.4, -0.2) is 38.6 Å². The van der Waals surface area contributed by atoms with Gasteiger partial charge in [0.05, 0.1) is 17.3 Å². The molecule has 2 amide bonds. The predicted molar refractivity (Wildman–Crippen MR) is 73.3 cm³/mol. The number of halogens is 1. The van der Waals surface area contributed by atoms with E-state index in [-0.39, 0.29) is 18.4 Å². The number of amides is 2. The number of carbonyl (C=O) groups is 2. The minimum absolute atomic E-state index is 0.113. The smallest absolute Gasteiger partial charge is 0.251 e. The first-order chi connectivity index (χ1) is 9.08. The number of hydrogen-bond acceptors (Lipinski definition) is 4. The molecule has 0 aliphatic carbocycles. The van der Waals surface area contributed by atoms with Gasteiger partial charge < -0.3 is 21.1 Å². The molecule has 0 fully saturated rings. The molecule has 0 aliphatic rings. The highest BCUT2D eigenvalue weighted by Gasteiger charge is 2.10. The van der Waals surface area contributed by atoms with Gasteiger partial charge in [-0.1, -0.05) is 11.6 Å². The number of anilines is 1. The molecule has 0 aromatic heterocycles. The lowest BCUT2D eigenvalue weighted by atomic mass is 10.2. The van der Waals surface area contributed by atoms with E-state index in [1.807, 2.05) is 0 Å². The van der Waals surface area contributed by atoms with E-state index < -0.39 is 0 Å². The highest BCUT2D eigenvalue weighted by molar-refractivity contribution is 6.33. The maximum absolute atomic E-state index is 11.6. The van der Waals surface area contributed by atoms with Crippen molar-refractivity contribution < 1.29 is 14.3 Å². The van der Waals surface area contributed by atoms with E-state index in [9.17, 15) is 9.59 Å². The lowest BCUT2D eigenvalue weighted by molar-refractivity contribution is -0.120. The number of nitrogens with one attached hydrogen (secondary N) is 2. The lowest BCUT2D eigenvalue weighted by Gasteiger charge is -2.09. The van der Waals surface area contributed by atoms with Crippen molar-refractivity contribution in [3.05, 3.63) is 28.8 Å². The molecule has 7 heteroatoms. The van der Waals surface area contributed by atoms with Crippen LogP contribution in [-0.2, 0) is 9.53 Å². The molecule has 0 saturated heterocycles. The van der Waals surface area contributed by atoms with Crippen LogP contribution in [0.25, 0.3) is 0 Å². The molecule has 19 heavy (non-hydrogen) atoms. The van der Waals surface area contributed by atoms with E-state index in [4.69, 9.17) is 22.1 Å². The van der Waals surface area contributed by atoms with Crippen molar-refractivity contribution in [3.8, 4) is 0 Å². The Morgan fingerprint density at radius 2 is 2.16 bits per heavy atom. The Bertz CT molecular complexity index is 466. The van der Waals surface area contributed by atoms with Gasteiger partial charge in [0.15, 0.2) is 0 Å². The summed E-state index contributed by atoms with van der Waals surface area (Å²) >= 11 is 5.94. The van der Waals surface area contributed by atoms with Crippen molar-refractivity contribution in [2.24, 2.45) is 5.73 Å². The highest BCUT2D eigenvalue weighted by atomic mass is 35.5. The van der Waals surface area contributed by atoms with E-state index >= 15 is 0 Å². The summed E-state index contributed by atoms with van der Waals surface area (Å²) in [6, 6.07) is 4.62. The molecular weight excluding hydrogens is 270 g/mol. The molecular formula is C12H16ClN3O3. The molecule has 4 N–H and O–H groups in total. The fourth-order valence-corrected chi connectivity index (χ4v) is 1.51. The topological polar surface area (TPSA) is 93.5 Å². The minimum Gasteiger partial charge on any atom is -0.370 e. The van der Waals surface area contributed by atoms with Crippen LogP contribution in [0, 0.1) is 0 Å². The minimum atomic E-state index is -0.357. The quantitative estimate of drug-likeness (QED) is 0.668. The van der Waals surface area contributed by atoms with Crippen LogP contribution in [0.3, 0.4) is 0 Å². The Hall–Kier alpha value is -1.63. The molecule has 1 rings (SSSR count). The van der Waals surface area contributed by atoms with Gasteiger partial charge in [0, 0.05) is 19.2 Å². The average Bonchev–Trinajstić information content (AvgIpc) is 2.40. The summed E-state index contributed by atoms with van der Waals surface area (Å²) in [4.78, 5) is 23.0. The van der Waals surface area contributed by atoms with Gasteiger partial charge in [0.25, 0.3) is 5.91 Å². The summed E-state index contributed by atoms with van der Waals surface area (Å²) in [6.07, 6.45) is 0. The summed E-state index contributed by atoms with van der Waals surface area (Å²) in [5.41, 5.74) is 6.01. The number of hydrogen-bond donors (Lipinski definition) is 3. The Labute approximate surface area is 116 Å². The number of benzene rings is 1. The summed E-state index contributed by atoms with van der Waals surface area (Å²) < 4.78 is 5.00. The fraction of sp³-hybridized carbons (Fsp3) is 0.333. The second-order valence-corrected chi connectivity index (χ2v) is 4.07. The standard InChI is InChI=1S/C12H16ClN3O3/c1-15-12(18)8-2-3-9(13)10(6-8)16-11(17)7-19-5-4-14/h2-3,6H,4-5,7,14H2,1H3,(H,15,18)(H,16,17). The van der Waals surface area contributed by atoms with E-state index in [0.29, 0.717) is 29.4 Å². The lowest BCUT2D eigenvalue weighted by Crippen LogP contribution is -2.22. The van der Waals surface area contributed by atoms with Gasteiger partial charge in [-0.3, -0.25) is 9.59 Å². The SMILES string of the molecule is CNC(=O)c1ccc(Cl)c(NC(=O)COCCN)c1. The Morgan fingerprint density at radius 3 is 2.79 bits per heavy atom. The molecule has 0 radical (unpaired) electrons. The van der Waals surface area contributed by atoms with Crippen LogP contribution in [0.15, 0.2) is 18.2 Å². The van der Waals surface area contributed by atoms with Gasteiger partial charge in [-0.05, 0) is 18.2 Å². The van der Waals surface area contributed by atoms with Crippen LogP contribution >= 0.6 is 11.6 Å². The van der Waals surface area contributed by atoms with Crippen LogP contribution in [0.4, 0.5) is 5.69 Å². The van der Waals surface area contributed by atoms with Crippen LogP contribution in [0.1, 0.15) is 10.4 Å². The molecule has 0 saturated carbocycles. The molecule has 0 aliphatic heterocycles. The van der Waals surface area contributed by atoms with Gasteiger partial charge in [0.2, 0.25) is 5.91 Å². The number of ether oxygens (including phenoxy) is 1. The molecule has 0 unspecified atom stereocenters. The normalized spacial score (nSPS) is 10.1. The van der Waals surface area contributed by atoms with Crippen molar-refractivity contribution in [1.82, 2.24) is 5.32 Å². The van der Waals surface area contributed by atoms with Crippen molar-refractivity contribution >= 4 is 29.1 Å². The third kappa shape index (κ3) is 4.86. The van der Waals surface area contributed by atoms with Crippen molar-refractivity contribution in [2.75, 3.05) is 32.1 Å². The predicted octanol–water partition coefficient (Wildman–Crippen LogP) is 0.613. The number of rotatable bonds is 6. The monoisotopic (exact) mass is 285 g/mol. The third-order valence-electron chi connectivity index (χ3n) is 2.23. The largest absolute Gasteiger partial charge is 0.370 e. The van der Waals surface area contributed by atoms with Crippen molar-refractivity contribution in [2.45, 2.75) is 0 Å². The van der Waals surface area contributed by atoms with Gasteiger partial charge >= 0.3 is 0 Å². The van der Waals surface area contributed by atoms with Crippen LogP contribution in [0.2, 0.25) is 5.02 Å². The fourth-order valence-electron chi connectivity index (χ4n) is 1.34. The zero-order valence-electron chi connectivity index (χ0n) is 10.5. The average molecular weight is 286 g/mol. The molecule has 1 aromatic carbocycles. The van der Waals surface area contributed by atoms with Crippen molar-refractivity contribution in [3.63, 3.8) is 0 Å².